The van der Waals surface area contributed by atoms with Gasteiger partial charge in [-0.15, -0.1) is 0 Å². The van der Waals surface area contributed by atoms with Gasteiger partial charge in [0.1, 0.15) is 18.3 Å². The fourth-order valence-electron chi connectivity index (χ4n) is 3.85. The Morgan fingerprint density at radius 2 is 1.62 bits per heavy atom. The summed E-state index contributed by atoms with van der Waals surface area (Å²) < 4.78 is 34.1. The summed E-state index contributed by atoms with van der Waals surface area (Å²) in [7, 11) is -2.90. The largest absolute Gasteiger partial charge is 0.495 e. The minimum atomic E-state index is -4.28. The van der Waals surface area contributed by atoms with Gasteiger partial charge in [-0.25, -0.2) is 8.42 Å². The Morgan fingerprint density at radius 3 is 2.21 bits per heavy atom. The molecule has 3 aromatic rings. The molecule has 0 aliphatic heterocycles. The van der Waals surface area contributed by atoms with E-state index in [1.807, 2.05) is 0 Å². The summed E-state index contributed by atoms with van der Waals surface area (Å²) in [4.78, 5) is 28.0. The maximum Gasteiger partial charge on any atom is 0.264 e. The van der Waals surface area contributed by atoms with E-state index in [1.165, 1.54) is 36.3 Å². The van der Waals surface area contributed by atoms with E-state index in [1.54, 1.807) is 56.3 Å². The van der Waals surface area contributed by atoms with Gasteiger partial charge in [0.25, 0.3) is 10.0 Å². The van der Waals surface area contributed by atoms with E-state index in [9.17, 15) is 18.0 Å². The first-order valence-corrected chi connectivity index (χ1v) is 14.5. The molecule has 0 aliphatic rings. The number of hydrogen-bond donors (Lipinski definition) is 1. The van der Waals surface area contributed by atoms with Gasteiger partial charge < -0.3 is 15.0 Å². The van der Waals surface area contributed by atoms with Crippen LogP contribution in [0.3, 0.4) is 0 Å². The monoisotopic (exact) mass is 611 g/mol. The smallest absolute Gasteiger partial charge is 0.264 e. The Balaban J connectivity index is 2.13. The number of anilines is 1. The zero-order chi connectivity index (χ0) is 28.7. The molecule has 3 aromatic carbocycles. The lowest BCUT2D eigenvalue weighted by molar-refractivity contribution is -0.139. The molecule has 1 N–H and O–H groups in total. The number of sulfonamides is 1. The predicted molar refractivity (Wildman–Crippen MR) is 154 cm³/mol. The van der Waals surface area contributed by atoms with Crippen LogP contribution in [-0.2, 0) is 26.2 Å². The number of ether oxygens (including phenoxy) is 1. The van der Waals surface area contributed by atoms with E-state index in [2.05, 4.69) is 5.32 Å². The molecule has 0 saturated heterocycles. The fourth-order valence-corrected chi connectivity index (χ4v) is 5.97. The van der Waals surface area contributed by atoms with Gasteiger partial charge >= 0.3 is 0 Å². The minimum absolute atomic E-state index is 0.0442. The van der Waals surface area contributed by atoms with Crippen LogP contribution in [0.5, 0.6) is 5.75 Å². The van der Waals surface area contributed by atoms with Gasteiger partial charge in [-0.3, -0.25) is 13.9 Å². The summed E-state index contributed by atoms with van der Waals surface area (Å²) in [6.45, 7) is 2.83. The third-order valence-electron chi connectivity index (χ3n) is 5.93. The van der Waals surface area contributed by atoms with Crippen LogP contribution in [0.2, 0.25) is 15.1 Å². The molecule has 0 aliphatic carbocycles. The first-order chi connectivity index (χ1) is 18.5. The molecule has 8 nitrogen and oxygen atoms in total. The molecule has 0 heterocycles. The average molecular weight is 613 g/mol. The Kier molecular flexibility index (Phi) is 10.5. The van der Waals surface area contributed by atoms with Crippen molar-refractivity contribution in [3.63, 3.8) is 0 Å². The molecule has 3 rings (SSSR count). The summed E-state index contributed by atoms with van der Waals surface area (Å²) in [6, 6.07) is 16.0. The number of amides is 2. The maximum absolute atomic E-state index is 13.9. The molecule has 2 amide bonds. The van der Waals surface area contributed by atoms with Crippen molar-refractivity contribution in [2.75, 3.05) is 24.5 Å². The highest BCUT2D eigenvalue weighted by molar-refractivity contribution is 7.92. The second kappa shape index (κ2) is 13.4. The molecule has 0 spiro atoms. The molecule has 0 saturated carbocycles. The molecule has 0 bridgehead atoms. The van der Waals surface area contributed by atoms with E-state index in [0.717, 1.165) is 4.31 Å². The zero-order valence-corrected chi connectivity index (χ0v) is 24.6. The summed E-state index contributed by atoms with van der Waals surface area (Å²) >= 11 is 19.0. The molecule has 0 radical (unpaired) electrons. The van der Waals surface area contributed by atoms with Crippen LogP contribution < -0.4 is 14.4 Å². The van der Waals surface area contributed by atoms with Crippen LogP contribution in [0.4, 0.5) is 5.69 Å². The number of carbonyl (C=O) groups is 2. The number of halogens is 3. The number of methoxy groups -OCH3 is 1. The summed E-state index contributed by atoms with van der Waals surface area (Å²) in [5, 5.41) is 3.53. The number of carbonyl (C=O) groups excluding carboxylic acids is 2. The topological polar surface area (TPSA) is 96.0 Å². The third kappa shape index (κ3) is 7.16. The van der Waals surface area contributed by atoms with E-state index in [0.29, 0.717) is 22.2 Å². The second-order valence-electron chi connectivity index (χ2n) is 8.43. The van der Waals surface area contributed by atoms with Gasteiger partial charge in [0.05, 0.1) is 17.7 Å². The van der Waals surface area contributed by atoms with Gasteiger partial charge in [0, 0.05) is 33.7 Å². The van der Waals surface area contributed by atoms with Crippen molar-refractivity contribution in [1.29, 1.82) is 0 Å². The molecule has 0 aromatic heterocycles. The Labute approximate surface area is 243 Å². The number of nitrogens with one attached hydrogen (secondary N) is 1. The van der Waals surface area contributed by atoms with Gasteiger partial charge in [0.15, 0.2) is 0 Å². The SMILES string of the molecule is CCNC(=O)[C@H](C)N(Cc1c(Cl)cccc1Cl)C(=O)CN(c1cc(Cl)ccc1OC)S(=O)(=O)c1ccccc1. The van der Waals surface area contributed by atoms with Crippen LogP contribution >= 0.6 is 34.8 Å². The second-order valence-corrected chi connectivity index (χ2v) is 11.5. The van der Waals surface area contributed by atoms with Gasteiger partial charge in [-0.05, 0) is 56.3 Å². The standard InChI is InChI=1S/C27H28Cl3N3O5S/c1-4-31-27(35)18(2)32(16-21-22(29)11-8-12-23(21)30)26(34)17-33(24-15-19(28)13-14-25(24)38-3)39(36,37)20-9-6-5-7-10-20/h5-15,18H,4,16-17H2,1-3H3,(H,31,35)/t18-/m0/s1. The molecule has 208 valence electrons. The molecule has 1 atom stereocenters. The Morgan fingerprint density at radius 1 is 0.974 bits per heavy atom. The maximum atomic E-state index is 13.9. The van der Waals surface area contributed by atoms with Crippen molar-refractivity contribution in [3.8, 4) is 5.75 Å². The van der Waals surface area contributed by atoms with Crippen LogP contribution in [0.15, 0.2) is 71.6 Å². The van der Waals surface area contributed by atoms with Gasteiger partial charge in [0.2, 0.25) is 11.8 Å². The van der Waals surface area contributed by atoms with Crippen molar-refractivity contribution in [2.45, 2.75) is 31.3 Å². The number of benzene rings is 3. The zero-order valence-electron chi connectivity index (χ0n) is 21.5. The van der Waals surface area contributed by atoms with E-state index in [4.69, 9.17) is 39.5 Å². The number of nitrogens with zero attached hydrogens (tertiary/aromatic N) is 2. The molecule has 12 heteroatoms. The summed E-state index contributed by atoms with van der Waals surface area (Å²) in [5.41, 5.74) is 0.478. The lowest BCUT2D eigenvalue weighted by Crippen LogP contribution is -2.51. The molecule has 0 unspecified atom stereocenters. The summed E-state index contributed by atoms with van der Waals surface area (Å²) in [5.74, 6) is -0.915. The highest BCUT2D eigenvalue weighted by atomic mass is 35.5. The number of rotatable bonds is 11. The van der Waals surface area contributed by atoms with E-state index < -0.39 is 34.4 Å². The first kappa shape index (κ1) is 30.6. The van der Waals surface area contributed by atoms with E-state index in [-0.39, 0.29) is 27.9 Å². The fraction of sp³-hybridized carbons (Fsp3) is 0.259. The molecular weight excluding hydrogens is 585 g/mol. The molecule has 39 heavy (non-hydrogen) atoms. The van der Waals surface area contributed by atoms with Gasteiger partial charge in [-0.1, -0.05) is 59.1 Å². The van der Waals surface area contributed by atoms with Crippen LogP contribution in [0.25, 0.3) is 0 Å². The summed E-state index contributed by atoms with van der Waals surface area (Å²) in [6.07, 6.45) is 0. The van der Waals surface area contributed by atoms with Crippen molar-refractivity contribution in [1.82, 2.24) is 10.2 Å². The number of hydrogen-bond acceptors (Lipinski definition) is 5. The van der Waals surface area contributed by atoms with Crippen molar-refractivity contribution >= 4 is 62.3 Å². The highest BCUT2D eigenvalue weighted by Crippen LogP contribution is 2.35. The van der Waals surface area contributed by atoms with E-state index >= 15 is 0 Å². The van der Waals surface area contributed by atoms with Crippen LogP contribution in [0.1, 0.15) is 19.4 Å². The van der Waals surface area contributed by atoms with Gasteiger partial charge in [-0.2, -0.15) is 0 Å². The predicted octanol–water partition coefficient (Wildman–Crippen LogP) is 5.40. The van der Waals surface area contributed by atoms with Crippen molar-refractivity contribution in [2.24, 2.45) is 0 Å². The Bertz CT molecular complexity index is 1420. The average Bonchev–Trinajstić information content (AvgIpc) is 2.91. The molecular formula is C27H28Cl3N3O5S. The highest BCUT2D eigenvalue weighted by Gasteiger charge is 2.34. The minimum Gasteiger partial charge on any atom is -0.495 e. The lowest BCUT2D eigenvalue weighted by atomic mass is 10.1. The van der Waals surface area contributed by atoms with Crippen molar-refractivity contribution < 1.29 is 22.7 Å². The number of likely N-dealkylation sites (N-methyl/N-ethyl adjacent to an activating group) is 1. The third-order valence-corrected chi connectivity index (χ3v) is 8.65. The van der Waals surface area contributed by atoms with Crippen LogP contribution in [-0.4, -0.2) is 51.4 Å². The quantitative estimate of drug-likeness (QED) is 0.313. The van der Waals surface area contributed by atoms with Crippen molar-refractivity contribution in [3.05, 3.63) is 87.4 Å². The Hall–Kier alpha value is -2.98. The first-order valence-electron chi connectivity index (χ1n) is 11.9. The lowest BCUT2D eigenvalue weighted by Gasteiger charge is -2.32. The molecule has 0 fully saturated rings. The normalized spacial score (nSPS) is 11.9. The van der Waals surface area contributed by atoms with Crippen LogP contribution in [0, 0.1) is 0 Å².